The lowest BCUT2D eigenvalue weighted by atomic mass is 9.95. The number of benzene rings is 2. The highest BCUT2D eigenvalue weighted by Crippen LogP contribution is 2.51. The fourth-order valence-electron chi connectivity index (χ4n) is 7.43. The predicted molar refractivity (Wildman–Crippen MR) is 180 cm³/mol. The quantitative estimate of drug-likeness (QED) is 0.248. The number of nitrogen functional groups attached to an aromatic ring is 1. The summed E-state index contributed by atoms with van der Waals surface area (Å²) in [5, 5.41) is 21.1. The van der Waals surface area contributed by atoms with E-state index in [4.69, 9.17) is 31.8 Å². The highest BCUT2D eigenvalue weighted by atomic mass is 35.5. The number of alkyl halides is 1. The number of halogens is 4. The van der Waals surface area contributed by atoms with Crippen molar-refractivity contribution < 1.29 is 27.8 Å². The lowest BCUT2D eigenvalue weighted by Gasteiger charge is -2.34. The van der Waals surface area contributed by atoms with Gasteiger partial charge in [0.1, 0.15) is 47.6 Å². The number of aromatic nitrogens is 2. The van der Waals surface area contributed by atoms with E-state index in [-0.39, 0.29) is 78.5 Å². The van der Waals surface area contributed by atoms with Crippen molar-refractivity contribution in [2.75, 3.05) is 64.1 Å². The van der Waals surface area contributed by atoms with E-state index < -0.39 is 35.5 Å². The molecule has 15 heteroatoms. The number of hydrogen-bond acceptors (Lipinski definition) is 11. The molecule has 4 atom stereocenters. The Morgan fingerprint density at radius 2 is 2.10 bits per heavy atom. The molecule has 0 spiro atoms. The third kappa shape index (κ3) is 5.27. The molecule has 10 nitrogen and oxygen atoms in total. The Bertz CT molecular complexity index is 1970. The summed E-state index contributed by atoms with van der Waals surface area (Å²) >= 11 is 7.91. The van der Waals surface area contributed by atoms with E-state index in [1.165, 1.54) is 12.1 Å². The lowest BCUT2D eigenvalue weighted by molar-refractivity contribution is 0.107. The number of ether oxygens (including phenoxy) is 2. The number of aliphatic hydroxyl groups is 1. The van der Waals surface area contributed by atoms with Crippen LogP contribution in [0, 0.1) is 23.0 Å². The van der Waals surface area contributed by atoms with E-state index in [2.05, 4.69) is 9.88 Å². The number of fused-ring (bicyclic) bond motifs is 2. The third-order valence-corrected chi connectivity index (χ3v) is 11.2. The van der Waals surface area contributed by atoms with Crippen LogP contribution in [0.25, 0.3) is 32.1 Å². The van der Waals surface area contributed by atoms with E-state index in [1.54, 1.807) is 6.92 Å². The molecule has 254 valence electrons. The maximum Gasteiger partial charge on any atom is 0.319 e. The molecule has 3 aliphatic heterocycles. The average molecular weight is 702 g/mol. The maximum atomic E-state index is 17.2. The molecular weight excluding hydrogens is 667 g/mol. The zero-order chi connectivity index (χ0) is 34.1. The Morgan fingerprint density at radius 3 is 2.83 bits per heavy atom. The van der Waals surface area contributed by atoms with Crippen LogP contribution in [0.15, 0.2) is 12.1 Å². The third-order valence-electron chi connectivity index (χ3n) is 9.79. The largest absolute Gasteiger partial charge is 0.489 e. The minimum atomic E-state index is -0.969. The minimum absolute atomic E-state index is 0.00591. The average Bonchev–Trinajstić information content (AvgIpc) is 3.64. The van der Waals surface area contributed by atoms with Gasteiger partial charge in [0.15, 0.2) is 11.6 Å². The summed E-state index contributed by atoms with van der Waals surface area (Å²) < 4.78 is 59.4. The van der Waals surface area contributed by atoms with Crippen molar-refractivity contribution in [3.05, 3.63) is 34.4 Å². The van der Waals surface area contributed by atoms with Crippen molar-refractivity contribution in [1.29, 1.82) is 5.26 Å². The zero-order valence-electron chi connectivity index (χ0n) is 26.7. The summed E-state index contributed by atoms with van der Waals surface area (Å²) in [4.78, 5) is 15.3. The number of nitrogens with zero attached hydrogens (tertiary/aromatic N) is 6. The molecule has 5 heterocycles. The first-order valence-corrected chi connectivity index (χ1v) is 17.0. The molecule has 7 rings (SSSR count). The van der Waals surface area contributed by atoms with E-state index >= 15 is 4.39 Å². The summed E-state index contributed by atoms with van der Waals surface area (Å²) in [7, 11) is 3.82. The molecule has 2 fully saturated rings. The molecule has 0 bridgehead atoms. The van der Waals surface area contributed by atoms with E-state index in [0.29, 0.717) is 26.1 Å². The lowest BCUT2D eigenvalue weighted by Crippen LogP contribution is -2.48. The zero-order valence-corrected chi connectivity index (χ0v) is 28.3. The van der Waals surface area contributed by atoms with Crippen molar-refractivity contribution >= 4 is 54.7 Å². The van der Waals surface area contributed by atoms with Crippen molar-refractivity contribution in [3.8, 4) is 29.0 Å². The Labute approximate surface area is 284 Å². The van der Waals surface area contributed by atoms with Crippen LogP contribution in [0.1, 0.15) is 31.7 Å². The molecule has 4 aromatic rings. The number of nitriles is 1. The van der Waals surface area contributed by atoms with Gasteiger partial charge in [0.25, 0.3) is 0 Å². The van der Waals surface area contributed by atoms with Gasteiger partial charge in [0.05, 0.1) is 38.4 Å². The minimum Gasteiger partial charge on any atom is -0.489 e. The summed E-state index contributed by atoms with van der Waals surface area (Å²) in [6, 6.07) is 3.81. The molecule has 2 saturated heterocycles. The number of thiophene rings is 1. The molecule has 3 aliphatic rings. The second kappa shape index (κ2) is 12.4. The second-order valence-corrected chi connectivity index (χ2v) is 14.5. The maximum absolute atomic E-state index is 17.2. The highest BCUT2D eigenvalue weighted by molar-refractivity contribution is 7.23. The van der Waals surface area contributed by atoms with Crippen molar-refractivity contribution in [2.24, 2.45) is 0 Å². The van der Waals surface area contributed by atoms with Gasteiger partial charge >= 0.3 is 6.01 Å². The first-order chi connectivity index (χ1) is 22.9. The number of likely N-dealkylation sites (N-methyl/N-ethyl adjacent to an activating group) is 1. The first kappa shape index (κ1) is 32.9. The fraction of sp³-hybridized carbons (Fsp3) is 0.485. The van der Waals surface area contributed by atoms with Crippen LogP contribution < -0.4 is 20.1 Å². The Kier molecular flexibility index (Phi) is 8.48. The van der Waals surface area contributed by atoms with Crippen LogP contribution in [-0.4, -0.2) is 102 Å². The van der Waals surface area contributed by atoms with Crippen LogP contribution in [0.4, 0.5) is 24.0 Å². The molecule has 48 heavy (non-hydrogen) atoms. The summed E-state index contributed by atoms with van der Waals surface area (Å²) in [6.07, 6.45) is 0.126. The van der Waals surface area contributed by atoms with Gasteiger partial charge in [0.2, 0.25) is 0 Å². The monoisotopic (exact) mass is 701 g/mol. The van der Waals surface area contributed by atoms with Gasteiger partial charge in [-0.25, -0.2) is 13.2 Å². The van der Waals surface area contributed by atoms with Gasteiger partial charge in [0, 0.05) is 37.0 Å². The van der Waals surface area contributed by atoms with Gasteiger partial charge in [-0.2, -0.15) is 15.2 Å². The second-order valence-electron chi connectivity index (χ2n) is 13.1. The molecule has 3 N–H and O–H groups in total. The topological polar surface area (TPSA) is 124 Å². The highest BCUT2D eigenvalue weighted by Gasteiger charge is 2.49. The molecule has 2 unspecified atom stereocenters. The van der Waals surface area contributed by atoms with Crippen LogP contribution in [-0.2, 0) is 0 Å². The fourth-order valence-corrected chi connectivity index (χ4v) is 8.71. The van der Waals surface area contributed by atoms with Gasteiger partial charge < -0.3 is 30.1 Å². The van der Waals surface area contributed by atoms with Crippen LogP contribution >= 0.6 is 22.9 Å². The van der Waals surface area contributed by atoms with E-state index in [9.17, 15) is 19.1 Å². The van der Waals surface area contributed by atoms with Crippen LogP contribution in [0.2, 0.25) is 5.02 Å². The molecule has 2 aromatic carbocycles. The summed E-state index contributed by atoms with van der Waals surface area (Å²) in [5.41, 5.74) is 5.41. The number of nitrogens with two attached hydrogens (primary N) is 1. The van der Waals surface area contributed by atoms with Crippen LogP contribution in [0.5, 0.6) is 11.8 Å². The predicted octanol–water partition coefficient (Wildman–Crippen LogP) is 5.36. The number of hydrogen-bond donors (Lipinski definition) is 2. The van der Waals surface area contributed by atoms with Crippen molar-refractivity contribution in [2.45, 2.75) is 50.0 Å². The Hall–Kier alpha value is -3.61. The van der Waals surface area contributed by atoms with Crippen molar-refractivity contribution in [3.63, 3.8) is 0 Å². The van der Waals surface area contributed by atoms with Crippen molar-refractivity contribution in [1.82, 2.24) is 19.8 Å². The van der Waals surface area contributed by atoms with Crippen LogP contribution in [0.3, 0.4) is 0 Å². The number of aliphatic hydroxyl groups excluding tert-OH is 1. The van der Waals surface area contributed by atoms with Gasteiger partial charge in [-0.3, -0.25) is 4.90 Å². The van der Waals surface area contributed by atoms with E-state index in [0.717, 1.165) is 30.7 Å². The molecule has 0 saturated carbocycles. The summed E-state index contributed by atoms with van der Waals surface area (Å²) in [5.74, 6) is -1.12. The van der Waals surface area contributed by atoms with Gasteiger partial charge in [-0.15, -0.1) is 11.3 Å². The molecule has 0 radical (unpaired) electrons. The first-order valence-electron chi connectivity index (χ1n) is 15.8. The number of anilines is 2. The Morgan fingerprint density at radius 1 is 1.31 bits per heavy atom. The summed E-state index contributed by atoms with van der Waals surface area (Å²) in [6.45, 7) is 3.77. The molecule has 0 aliphatic carbocycles. The normalized spacial score (nSPS) is 23.0. The molecular formula is C33H35ClF3N7O3S. The number of rotatable bonds is 8. The molecule has 0 amide bonds. The Balaban J connectivity index is 1.47. The standard InChI is InChI=1S/C33H35ClF3N7O3S/c1-16(45)21-14-46-28-24-27(26(37)23(25(28)34)18-5-6-20(36)29-22(18)19(12-38)30(39)48-29)40-32(41-31(24)44(21)10-9-42(2)3)47-15-33-7-4-8-43(33)13-17(35)11-33/h5-6,16-17,21,45H,4,7-11,13-15,39H2,1-3H3/t16?,17-,21?,33+/m1/s1. The molecule has 2 aromatic heterocycles. The van der Waals surface area contributed by atoms with Gasteiger partial charge in [-0.05, 0) is 52.0 Å². The SMILES string of the molecule is CC(O)C1COc2c(Cl)c(-c3ccc(F)c4sc(N)c(C#N)c34)c(F)c3nc(OC[C@@]45CCCN4C[C@H](F)C5)nc(c23)N1CCN(C)C. The van der Waals surface area contributed by atoms with E-state index in [1.807, 2.05) is 30.0 Å². The smallest absolute Gasteiger partial charge is 0.319 e. The van der Waals surface area contributed by atoms with Gasteiger partial charge in [-0.1, -0.05) is 17.7 Å².